The van der Waals surface area contributed by atoms with Gasteiger partial charge >= 0.3 is 0 Å². The fraction of sp³-hybridized carbons (Fsp3) is 0.688. The Balaban J connectivity index is 2.54. The molecule has 0 fully saturated rings. The Morgan fingerprint density at radius 3 is 2.25 bits per heavy atom. The molecule has 0 bridgehead atoms. The number of nitrogens with zero attached hydrogens (tertiary/aromatic N) is 1. The molecule has 1 heterocycles. The summed E-state index contributed by atoms with van der Waals surface area (Å²) in [6.45, 7) is 4.50. The van der Waals surface area contributed by atoms with Gasteiger partial charge < -0.3 is 5.32 Å². The highest BCUT2D eigenvalue weighted by Crippen LogP contribution is 2.24. The smallest absolute Gasteiger partial charge is 0.143 e. The minimum Gasteiger partial charge on any atom is -0.381 e. The van der Waals surface area contributed by atoms with Crippen LogP contribution in [0.5, 0.6) is 0 Å². The van der Waals surface area contributed by atoms with Crippen LogP contribution in [0.1, 0.15) is 65.2 Å². The van der Waals surface area contributed by atoms with Crippen LogP contribution in [0.2, 0.25) is 5.15 Å². The Morgan fingerprint density at radius 2 is 1.75 bits per heavy atom. The number of nitrogens with one attached hydrogen (secondary N) is 1. The molecule has 1 N–H and O–H groups in total. The average molecular weight is 362 g/mol. The molecule has 0 saturated heterocycles. The van der Waals surface area contributed by atoms with E-state index in [4.69, 9.17) is 11.6 Å². The van der Waals surface area contributed by atoms with Crippen LogP contribution >= 0.6 is 27.5 Å². The quantitative estimate of drug-likeness (QED) is 0.383. The molecular formula is C16H26BrClN2. The Morgan fingerprint density at radius 1 is 1.15 bits per heavy atom. The van der Waals surface area contributed by atoms with E-state index in [0.717, 1.165) is 10.2 Å². The molecule has 1 rings (SSSR count). The van der Waals surface area contributed by atoms with Crippen LogP contribution in [0.3, 0.4) is 0 Å². The van der Waals surface area contributed by atoms with Crippen molar-refractivity contribution < 1.29 is 0 Å². The Labute approximate surface area is 136 Å². The van der Waals surface area contributed by atoms with Gasteiger partial charge in [-0.05, 0) is 34.8 Å². The molecule has 4 heteroatoms. The van der Waals surface area contributed by atoms with Crippen LogP contribution in [0.25, 0.3) is 0 Å². The molecule has 1 aromatic heterocycles. The van der Waals surface area contributed by atoms with Gasteiger partial charge in [-0.1, -0.05) is 64.0 Å². The predicted octanol–water partition coefficient (Wildman–Crippen LogP) is 6.44. The van der Waals surface area contributed by atoms with Crippen molar-refractivity contribution in [1.82, 2.24) is 4.98 Å². The molecule has 0 aromatic carbocycles. The summed E-state index contributed by atoms with van der Waals surface area (Å²) in [5, 5.41) is 4.13. The maximum absolute atomic E-state index is 5.94. The molecule has 0 aliphatic carbocycles. The minimum absolute atomic E-state index is 0.518. The minimum atomic E-state index is 0.518. The normalized spacial score (nSPS) is 11.1. The van der Waals surface area contributed by atoms with Gasteiger partial charge in [-0.25, -0.2) is 4.98 Å². The fourth-order valence-corrected chi connectivity index (χ4v) is 2.76. The van der Waals surface area contributed by atoms with E-state index in [9.17, 15) is 0 Å². The van der Waals surface area contributed by atoms with Gasteiger partial charge in [0.05, 0.1) is 16.4 Å². The lowest BCUT2D eigenvalue weighted by Gasteiger charge is -2.20. The lowest BCUT2D eigenvalue weighted by atomic mass is 10.0. The fourth-order valence-electron chi connectivity index (χ4n) is 2.31. The van der Waals surface area contributed by atoms with Crippen molar-refractivity contribution in [2.75, 3.05) is 5.32 Å². The molecule has 0 unspecified atom stereocenters. The summed E-state index contributed by atoms with van der Waals surface area (Å²) in [5.74, 6) is 0. The number of hydrogen-bond acceptors (Lipinski definition) is 2. The summed E-state index contributed by atoms with van der Waals surface area (Å²) in [7, 11) is 0. The monoisotopic (exact) mass is 360 g/mol. The molecule has 20 heavy (non-hydrogen) atoms. The number of rotatable bonds is 10. The van der Waals surface area contributed by atoms with Gasteiger partial charge in [0.1, 0.15) is 5.15 Å². The summed E-state index contributed by atoms with van der Waals surface area (Å²) in [5.41, 5.74) is 1.05. The highest BCUT2D eigenvalue weighted by atomic mass is 79.9. The van der Waals surface area contributed by atoms with Crippen molar-refractivity contribution in [3.05, 3.63) is 21.9 Å². The second-order valence-corrected chi connectivity index (χ2v) is 6.54. The molecule has 0 aliphatic rings. The molecule has 114 valence electrons. The van der Waals surface area contributed by atoms with Gasteiger partial charge in [0.15, 0.2) is 0 Å². The van der Waals surface area contributed by atoms with Crippen molar-refractivity contribution >= 4 is 33.2 Å². The zero-order chi connectivity index (χ0) is 14.8. The highest BCUT2D eigenvalue weighted by Gasteiger charge is 2.09. The van der Waals surface area contributed by atoms with Gasteiger partial charge in [-0.3, -0.25) is 0 Å². The lowest BCUT2D eigenvalue weighted by molar-refractivity contribution is 0.526. The van der Waals surface area contributed by atoms with E-state index in [1.165, 1.54) is 51.4 Å². The molecule has 1 aromatic rings. The van der Waals surface area contributed by atoms with Gasteiger partial charge in [0.2, 0.25) is 0 Å². The molecule has 2 nitrogen and oxygen atoms in total. The third-order valence-corrected chi connectivity index (χ3v) is 4.61. The standard InChI is InChI=1S/C16H26BrClN2/c1-3-5-7-9-13(10-8-6-4-2)20-14-11-15(17)16(18)19-12-14/h11-13,20H,3-10H2,1-2H3. The van der Waals surface area contributed by atoms with E-state index in [1.807, 2.05) is 12.3 Å². The number of unbranched alkanes of at least 4 members (excludes halogenated alkanes) is 4. The molecule has 0 radical (unpaired) electrons. The zero-order valence-corrected chi connectivity index (χ0v) is 14.9. The van der Waals surface area contributed by atoms with Crippen molar-refractivity contribution in [1.29, 1.82) is 0 Å². The first-order valence-corrected chi connectivity index (χ1v) is 8.92. The zero-order valence-electron chi connectivity index (χ0n) is 12.6. The second kappa shape index (κ2) is 10.4. The van der Waals surface area contributed by atoms with Crippen molar-refractivity contribution in [3.8, 4) is 0 Å². The third-order valence-electron chi connectivity index (χ3n) is 3.48. The topological polar surface area (TPSA) is 24.9 Å². The summed E-state index contributed by atoms with van der Waals surface area (Å²) in [6, 6.07) is 2.56. The van der Waals surface area contributed by atoms with Gasteiger partial charge in [-0.15, -0.1) is 0 Å². The van der Waals surface area contributed by atoms with Crippen molar-refractivity contribution in [3.63, 3.8) is 0 Å². The Bertz CT molecular complexity index is 375. The molecule has 0 spiro atoms. The molecule has 0 saturated carbocycles. The van der Waals surface area contributed by atoms with E-state index in [-0.39, 0.29) is 0 Å². The molecule has 0 atom stereocenters. The maximum Gasteiger partial charge on any atom is 0.143 e. The summed E-state index contributed by atoms with van der Waals surface area (Å²) in [4.78, 5) is 4.18. The highest BCUT2D eigenvalue weighted by molar-refractivity contribution is 9.10. The van der Waals surface area contributed by atoms with Crippen LogP contribution in [0.15, 0.2) is 16.7 Å². The van der Waals surface area contributed by atoms with Crippen LogP contribution in [-0.4, -0.2) is 11.0 Å². The summed E-state index contributed by atoms with van der Waals surface area (Å²) in [6.07, 6.45) is 12.1. The largest absolute Gasteiger partial charge is 0.381 e. The van der Waals surface area contributed by atoms with E-state index >= 15 is 0 Å². The van der Waals surface area contributed by atoms with Crippen molar-refractivity contribution in [2.24, 2.45) is 0 Å². The predicted molar refractivity (Wildman–Crippen MR) is 92.6 cm³/mol. The second-order valence-electron chi connectivity index (χ2n) is 5.33. The van der Waals surface area contributed by atoms with Crippen molar-refractivity contribution in [2.45, 2.75) is 71.3 Å². The number of aromatic nitrogens is 1. The van der Waals surface area contributed by atoms with E-state index in [1.54, 1.807) is 0 Å². The van der Waals surface area contributed by atoms with E-state index in [0.29, 0.717) is 11.2 Å². The average Bonchev–Trinajstić information content (AvgIpc) is 2.43. The maximum atomic E-state index is 5.94. The molecule has 0 aliphatic heterocycles. The first-order chi connectivity index (χ1) is 9.67. The first kappa shape index (κ1) is 17.8. The van der Waals surface area contributed by atoms with Gasteiger partial charge in [0.25, 0.3) is 0 Å². The lowest BCUT2D eigenvalue weighted by Crippen LogP contribution is -2.19. The summed E-state index contributed by atoms with van der Waals surface area (Å²) < 4.78 is 0.852. The van der Waals surface area contributed by atoms with Crippen LogP contribution in [-0.2, 0) is 0 Å². The Hall–Kier alpha value is -0.280. The number of pyridine rings is 1. The van der Waals surface area contributed by atoms with E-state index in [2.05, 4.69) is 40.1 Å². The van der Waals surface area contributed by atoms with Crippen LogP contribution in [0.4, 0.5) is 5.69 Å². The number of hydrogen-bond donors (Lipinski definition) is 1. The summed E-state index contributed by atoms with van der Waals surface area (Å²) >= 11 is 9.37. The third kappa shape index (κ3) is 6.94. The van der Waals surface area contributed by atoms with Crippen LogP contribution < -0.4 is 5.32 Å². The van der Waals surface area contributed by atoms with E-state index < -0.39 is 0 Å². The number of anilines is 1. The number of halogens is 2. The first-order valence-electron chi connectivity index (χ1n) is 7.75. The SMILES string of the molecule is CCCCCC(CCCCC)Nc1cnc(Cl)c(Br)c1. The molecular weight excluding hydrogens is 336 g/mol. The van der Waals surface area contributed by atoms with Gasteiger partial charge in [-0.2, -0.15) is 0 Å². The Kier molecular flexibility index (Phi) is 9.28. The molecule has 0 amide bonds. The van der Waals surface area contributed by atoms with Crippen LogP contribution in [0, 0.1) is 0 Å². The van der Waals surface area contributed by atoms with Gasteiger partial charge in [0, 0.05) is 6.04 Å².